The van der Waals surface area contributed by atoms with Crippen molar-refractivity contribution < 1.29 is 0 Å². The first-order valence-corrected chi connectivity index (χ1v) is 6.10. The minimum Gasteiger partial charge on any atom is -0.0882 e. The predicted molar refractivity (Wildman–Crippen MR) is 59.9 cm³/mol. The third kappa shape index (κ3) is 5.13. The molecule has 0 bridgehead atoms. The van der Waals surface area contributed by atoms with Crippen LogP contribution in [0.15, 0.2) is 12.2 Å². The largest absolute Gasteiger partial charge is 0.0882 e. The van der Waals surface area contributed by atoms with Crippen molar-refractivity contribution in [1.82, 2.24) is 0 Å². The normalized spacial score (nSPS) is 21.2. The Hall–Kier alpha value is -0.260. The Morgan fingerprint density at radius 1 is 1.08 bits per heavy atom. The fourth-order valence-corrected chi connectivity index (χ4v) is 2.12. The third-order valence-corrected chi connectivity index (χ3v) is 3.04. The minimum absolute atomic E-state index is 0.936. The van der Waals surface area contributed by atoms with Gasteiger partial charge >= 0.3 is 0 Å². The standard InChI is InChI=1S/C13H24/c1-2-3-4-5-6-7-10-13-11-8-9-12-13/h8,11,13H,2-7,9-10,12H2,1H3. The van der Waals surface area contributed by atoms with Crippen LogP contribution < -0.4 is 0 Å². The van der Waals surface area contributed by atoms with Crippen LogP contribution in [0, 0.1) is 5.92 Å². The van der Waals surface area contributed by atoms with E-state index in [2.05, 4.69) is 19.1 Å². The first-order valence-electron chi connectivity index (χ1n) is 6.10. The van der Waals surface area contributed by atoms with Gasteiger partial charge in [-0.2, -0.15) is 0 Å². The van der Waals surface area contributed by atoms with Gasteiger partial charge in [0, 0.05) is 0 Å². The third-order valence-electron chi connectivity index (χ3n) is 3.04. The Kier molecular flexibility index (Phi) is 5.97. The Morgan fingerprint density at radius 3 is 2.54 bits per heavy atom. The van der Waals surface area contributed by atoms with E-state index in [-0.39, 0.29) is 0 Å². The smallest absolute Gasteiger partial charge is 0.0231 e. The molecule has 0 spiro atoms. The van der Waals surface area contributed by atoms with Crippen molar-refractivity contribution in [2.75, 3.05) is 0 Å². The summed E-state index contributed by atoms with van der Waals surface area (Å²) in [6.07, 6.45) is 17.6. The topological polar surface area (TPSA) is 0 Å². The van der Waals surface area contributed by atoms with Crippen LogP contribution in [0.1, 0.15) is 64.7 Å². The number of hydrogen-bond donors (Lipinski definition) is 0. The van der Waals surface area contributed by atoms with Gasteiger partial charge in [0.25, 0.3) is 0 Å². The van der Waals surface area contributed by atoms with Crippen molar-refractivity contribution in [3.05, 3.63) is 12.2 Å². The van der Waals surface area contributed by atoms with Gasteiger partial charge in [0.15, 0.2) is 0 Å². The monoisotopic (exact) mass is 180 g/mol. The fourth-order valence-electron chi connectivity index (χ4n) is 2.12. The van der Waals surface area contributed by atoms with E-state index in [0.29, 0.717) is 0 Å². The molecule has 0 radical (unpaired) electrons. The maximum absolute atomic E-state index is 2.42. The van der Waals surface area contributed by atoms with Crippen LogP contribution in [0.4, 0.5) is 0 Å². The summed E-state index contributed by atoms with van der Waals surface area (Å²) in [5, 5.41) is 0. The van der Waals surface area contributed by atoms with Crippen LogP contribution >= 0.6 is 0 Å². The van der Waals surface area contributed by atoms with Gasteiger partial charge in [-0.05, 0) is 25.2 Å². The summed E-state index contributed by atoms with van der Waals surface area (Å²) in [5.74, 6) is 0.936. The second-order valence-electron chi connectivity index (χ2n) is 4.32. The lowest BCUT2D eigenvalue weighted by Crippen LogP contribution is -1.91. The van der Waals surface area contributed by atoms with E-state index in [9.17, 15) is 0 Å². The van der Waals surface area contributed by atoms with Crippen molar-refractivity contribution in [3.63, 3.8) is 0 Å². The molecule has 0 saturated heterocycles. The molecule has 1 unspecified atom stereocenters. The average molecular weight is 180 g/mol. The van der Waals surface area contributed by atoms with Gasteiger partial charge in [-0.1, -0.05) is 57.6 Å². The lowest BCUT2D eigenvalue weighted by atomic mass is 10.00. The van der Waals surface area contributed by atoms with Gasteiger partial charge in [0.05, 0.1) is 0 Å². The van der Waals surface area contributed by atoms with Crippen LogP contribution in [0.2, 0.25) is 0 Å². The van der Waals surface area contributed by atoms with Crippen LogP contribution in [0.3, 0.4) is 0 Å². The van der Waals surface area contributed by atoms with E-state index in [1.165, 1.54) is 57.8 Å². The quantitative estimate of drug-likeness (QED) is 0.393. The zero-order valence-electron chi connectivity index (χ0n) is 9.10. The molecule has 0 aromatic rings. The maximum atomic E-state index is 2.42. The summed E-state index contributed by atoms with van der Waals surface area (Å²) in [5.41, 5.74) is 0. The Labute approximate surface area is 83.4 Å². The van der Waals surface area contributed by atoms with Crippen LogP contribution in [-0.4, -0.2) is 0 Å². The van der Waals surface area contributed by atoms with Gasteiger partial charge in [-0.3, -0.25) is 0 Å². The average Bonchev–Trinajstić information content (AvgIpc) is 2.63. The van der Waals surface area contributed by atoms with Crippen molar-refractivity contribution in [2.45, 2.75) is 64.7 Å². The molecule has 0 aromatic heterocycles. The summed E-state index contributed by atoms with van der Waals surface area (Å²) < 4.78 is 0. The van der Waals surface area contributed by atoms with E-state index in [1.54, 1.807) is 0 Å². The Morgan fingerprint density at radius 2 is 1.85 bits per heavy atom. The molecule has 13 heavy (non-hydrogen) atoms. The molecule has 1 rings (SSSR count). The molecule has 1 aliphatic carbocycles. The molecule has 0 saturated carbocycles. The van der Waals surface area contributed by atoms with Crippen LogP contribution in [-0.2, 0) is 0 Å². The summed E-state index contributed by atoms with van der Waals surface area (Å²) in [6.45, 7) is 2.28. The minimum atomic E-state index is 0.936. The number of hydrogen-bond acceptors (Lipinski definition) is 0. The lowest BCUT2D eigenvalue weighted by Gasteiger charge is -2.06. The highest BCUT2D eigenvalue weighted by atomic mass is 14.1. The fraction of sp³-hybridized carbons (Fsp3) is 0.846. The molecule has 1 atom stereocenters. The molecular formula is C13H24. The maximum Gasteiger partial charge on any atom is -0.0231 e. The highest BCUT2D eigenvalue weighted by Crippen LogP contribution is 2.23. The van der Waals surface area contributed by atoms with Crippen molar-refractivity contribution in [3.8, 4) is 0 Å². The molecule has 0 amide bonds. The Balaban J connectivity index is 1.81. The first kappa shape index (κ1) is 10.8. The first-order chi connectivity index (χ1) is 6.43. The number of allylic oxidation sites excluding steroid dienone is 2. The molecule has 0 aromatic carbocycles. The highest BCUT2D eigenvalue weighted by molar-refractivity contribution is 4.95. The molecule has 76 valence electrons. The number of unbranched alkanes of at least 4 members (excludes halogenated alkanes) is 5. The van der Waals surface area contributed by atoms with Gasteiger partial charge < -0.3 is 0 Å². The molecule has 1 aliphatic rings. The van der Waals surface area contributed by atoms with Crippen LogP contribution in [0.25, 0.3) is 0 Å². The van der Waals surface area contributed by atoms with E-state index in [4.69, 9.17) is 0 Å². The SMILES string of the molecule is CCCCCCCCC1C=CCC1. The molecule has 0 aliphatic heterocycles. The lowest BCUT2D eigenvalue weighted by molar-refractivity contribution is 0.513. The van der Waals surface area contributed by atoms with E-state index < -0.39 is 0 Å². The second kappa shape index (κ2) is 7.17. The summed E-state index contributed by atoms with van der Waals surface area (Å²) >= 11 is 0. The summed E-state index contributed by atoms with van der Waals surface area (Å²) in [7, 11) is 0. The summed E-state index contributed by atoms with van der Waals surface area (Å²) in [4.78, 5) is 0. The molecular weight excluding hydrogens is 156 g/mol. The highest BCUT2D eigenvalue weighted by Gasteiger charge is 2.07. The van der Waals surface area contributed by atoms with Gasteiger partial charge in [-0.25, -0.2) is 0 Å². The van der Waals surface area contributed by atoms with Gasteiger partial charge in [0.2, 0.25) is 0 Å². The zero-order valence-corrected chi connectivity index (χ0v) is 9.10. The van der Waals surface area contributed by atoms with E-state index >= 15 is 0 Å². The van der Waals surface area contributed by atoms with Crippen molar-refractivity contribution in [2.24, 2.45) is 5.92 Å². The van der Waals surface area contributed by atoms with Gasteiger partial charge in [-0.15, -0.1) is 0 Å². The number of rotatable bonds is 7. The molecule has 0 N–H and O–H groups in total. The van der Waals surface area contributed by atoms with Crippen molar-refractivity contribution in [1.29, 1.82) is 0 Å². The van der Waals surface area contributed by atoms with Gasteiger partial charge in [0.1, 0.15) is 0 Å². The molecule has 0 nitrogen and oxygen atoms in total. The van der Waals surface area contributed by atoms with Crippen LogP contribution in [0.5, 0.6) is 0 Å². The van der Waals surface area contributed by atoms with E-state index in [0.717, 1.165) is 5.92 Å². The van der Waals surface area contributed by atoms with E-state index in [1.807, 2.05) is 0 Å². The zero-order chi connectivity index (χ0) is 9.36. The molecule has 0 heterocycles. The molecule has 0 fully saturated rings. The Bertz CT molecular complexity index is 135. The van der Waals surface area contributed by atoms with Crippen molar-refractivity contribution >= 4 is 0 Å². The summed E-state index contributed by atoms with van der Waals surface area (Å²) in [6, 6.07) is 0. The molecule has 0 heteroatoms. The predicted octanol–water partition coefficient (Wildman–Crippen LogP) is 4.70. The second-order valence-corrected chi connectivity index (χ2v) is 4.32.